The van der Waals surface area contributed by atoms with Crippen LogP contribution in [0.15, 0.2) is 97.2 Å². The lowest BCUT2D eigenvalue weighted by Gasteiger charge is -2.28. The third-order valence-electron chi connectivity index (χ3n) is 11.1. The maximum absolute atomic E-state index is 12.8. The van der Waals surface area contributed by atoms with Crippen LogP contribution < -0.4 is 4.89 Å². The second-order valence-corrected chi connectivity index (χ2v) is 20.3. The third-order valence-corrected chi connectivity index (χ3v) is 12.1. The van der Waals surface area contributed by atoms with Gasteiger partial charge in [0.1, 0.15) is 19.8 Å². The predicted molar refractivity (Wildman–Crippen MR) is 286 cm³/mol. The minimum Gasteiger partial charge on any atom is -0.756 e. The average Bonchev–Trinajstić information content (AvgIpc) is 3.30. The minimum absolute atomic E-state index is 0.0395. The molecule has 2 unspecified atom stereocenters. The highest BCUT2D eigenvalue weighted by Crippen LogP contribution is 2.38. The van der Waals surface area contributed by atoms with Gasteiger partial charge in [-0.25, -0.2) is 0 Å². The van der Waals surface area contributed by atoms with Crippen molar-refractivity contribution < 1.29 is 42.1 Å². The standard InChI is InChI=1S/C58H100NO8P/c1-6-8-10-12-14-16-18-20-22-24-26-27-28-29-30-31-33-35-37-39-41-43-45-47-49-51-58(61)67-56(55-66-68(62,63)65-53-52-59(3,4)5)54-64-57(60)50-48-46-44-42-40-38-36-34-32-25-23-21-19-17-15-13-11-9-7-2/h8,10,14-17,20-23,26-27,29-30,32,34,56H,6-7,9,11-13,18-19,24-25,28,31,33,35-55H2,1-5H3/b10-8-,16-14-,17-15-,22-20-,23-21-,27-26-,30-29-,34-32-. The smallest absolute Gasteiger partial charge is 0.306 e. The molecule has 0 saturated carbocycles. The van der Waals surface area contributed by atoms with Crippen molar-refractivity contribution in [1.29, 1.82) is 0 Å². The van der Waals surface area contributed by atoms with E-state index in [1.807, 2.05) is 21.1 Å². The van der Waals surface area contributed by atoms with E-state index in [2.05, 4.69) is 111 Å². The highest BCUT2D eigenvalue weighted by atomic mass is 31.2. The molecule has 0 aliphatic carbocycles. The molecule has 0 saturated heterocycles. The van der Waals surface area contributed by atoms with Crippen LogP contribution in [-0.4, -0.2) is 70.0 Å². The summed E-state index contributed by atoms with van der Waals surface area (Å²) in [5.41, 5.74) is 0. The van der Waals surface area contributed by atoms with Crippen molar-refractivity contribution in [1.82, 2.24) is 0 Å². The molecule has 10 heteroatoms. The summed E-state index contributed by atoms with van der Waals surface area (Å²) in [6.07, 6.45) is 65.7. The van der Waals surface area contributed by atoms with Crippen LogP contribution >= 0.6 is 7.82 Å². The zero-order chi connectivity index (χ0) is 49.9. The second kappa shape index (κ2) is 48.9. The molecule has 0 aliphatic rings. The molecule has 0 aromatic rings. The number of unbranched alkanes of at least 4 members (excludes halogenated alkanes) is 18. The third kappa shape index (κ3) is 52.3. The van der Waals surface area contributed by atoms with Crippen LogP contribution in [0, 0.1) is 0 Å². The molecule has 0 aromatic carbocycles. The van der Waals surface area contributed by atoms with E-state index in [0.717, 1.165) is 109 Å². The van der Waals surface area contributed by atoms with Gasteiger partial charge < -0.3 is 27.9 Å². The van der Waals surface area contributed by atoms with Gasteiger partial charge in [0.05, 0.1) is 27.7 Å². The largest absolute Gasteiger partial charge is 0.756 e. The van der Waals surface area contributed by atoms with Crippen LogP contribution in [0.1, 0.15) is 206 Å². The van der Waals surface area contributed by atoms with Gasteiger partial charge in [0.2, 0.25) is 0 Å². The number of carbonyl (C=O) groups excluding carboxylic acids is 2. The number of esters is 2. The highest BCUT2D eigenvalue weighted by molar-refractivity contribution is 7.45. The van der Waals surface area contributed by atoms with Gasteiger partial charge in [0.15, 0.2) is 6.10 Å². The molecule has 0 aromatic heterocycles. The molecule has 0 radical (unpaired) electrons. The summed E-state index contributed by atoms with van der Waals surface area (Å²) in [7, 11) is 1.14. The number of phosphoric acid groups is 1. The van der Waals surface area contributed by atoms with Crippen LogP contribution in [0.25, 0.3) is 0 Å². The molecule has 2 atom stereocenters. The van der Waals surface area contributed by atoms with Crippen molar-refractivity contribution in [3.63, 3.8) is 0 Å². The molecule has 0 rings (SSSR count). The van der Waals surface area contributed by atoms with E-state index in [-0.39, 0.29) is 26.1 Å². The number of allylic oxidation sites excluding steroid dienone is 16. The first kappa shape index (κ1) is 64.9. The fourth-order valence-corrected chi connectivity index (χ4v) is 7.65. The highest BCUT2D eigenvalue weighted by Gasteiger charge is 2.21. The summed E-state index contributed by atoms with van der Waals surface area (Å²) < 4.78 is 34.1. The molecule has 0 aliphatic heterocycles. The number of hydrogen-bond acceptors (Lipinski definition) is 8. The molecule has 0 spiro atoms. The molecule has 390 valence electrons. The number of nitrogens with zero attached hydrogens (tertiary/aromatic N) is 1. The maximum atomic E-state index is 12.8. The summed E-state index contributed by atoms with van der Waals surface area (Å²) >= 11 is 0. The zero-order valence-corrected chi connectivity index (χ0v) is 44.9. The number of carbonyl (C=O) groups is 2. The Morgan fingerprint density at radius 1 is 0.471 bits per heavy atom. The van der Waals surface area contributed by atoms with Crippen LogP contribution in [0.4, 0.5) is 0 Å². The summed E-state index contributed by atoms with van der Waals surface area (Å²) in [6, 6.07) is 0. The van der Waals surface area contributed by atoms with Gasteiger partial charge in [-0.1, -0.05) is 195 Å². The van der Waals surface area contributed by atoms with Crippen LogP contribution in [0.5, 0.6) is 0 Å². The summed E-state index contributed by atoms with van der Waals surface area (Å²) in [5.74, 6) is -0.860. The SMILES string of the molecule is CC/C=C\C/C=C\C/C=C\C/C=C\C/C=C\CCCCCCCCCCCC(=O)OC(COC(=O)CCCCCCCC/C=C\C/C=C\C/C=C\CCCCC)COP(=O)([O-])OCC[N+](C)(C)C. The molecule has 0 heterocycles. The number of quaternary nitrogens is 1. The zero-order valence-electron chi connectivity index (χ0n) is 44.0. The van der Waals surface area contributed by atoms with E-state index in [9.17, 15) is 19.0 Å². The Bertz CT molecular complexity index is 1470. The van der Waals surface area contributed by atoms with Gasteiger partial charge in [-0.05, 0) is 96.3 Å². The van der Waals surface area contributed by atoms with Crippen molar-refractivity contribution in [3.8, 4) is 0 Å². The molecular formula is C58H100NO8P. The molecule has 68 heavy (non-hydrogen) atoms. The maximum Gasteiger partial charge on any atom is 0.306 e. The van der Waals surface area contributed by atoms with Gasteiger partial charge in [-0.15, -0.1) is 0 Å². The van der Waals surface area contributed by atoms with Crippen molar-refractivity contribution in [2.75, 3.05) is 47.5 Å². The van der Waals surface area contributed by atoms with Gasteiger partial charge in [0, 0.05) is 12.8 Å². The quantitative estimate of drug-likeness (QED) is 0.0195. The van der Waals surface area contributed by atoms with Crippen molar-refractivity contribution in [3.05, 3.63) is 97.2 Å². The molecule has 0 fully saturated rings. The number of rotatable bonds is 48. The van der Waals surface area contributed by atoms with Crippen LogP contribution in [-0.2, 0) is 32.7 Å². The van der Waals surface area contributed by atoms with E-state index >= 15 is 0 Å². The van der Waals surface area contributed by atoms with Gasteiger partial charge in [0.25, 0.3) is 7.82 Å². The Kier molecular flexibility index (Phi) is 46.7. The number of likely N-dealkylation sites (N-methyl/N-ethyl adjacent to an activating group) is 1. The Morgan fingerprint density at radius 3 is 1.25 bits per heavy atom. The van der Waals surface area contributed by atoms with Gasteiger partial charge in [-0.3, -0.25) is 14.2 Å². The first-order chi connectivity index (χ1) is 33.0. The molecule has 0 amide bonds. The van der Waals surface area contributed by atoms with Crippen LogP contribution in [0.3, 0.4) is 0 Å². The lowest BCUT2D eigenvalue weighted by atomic mass is 10.1. The van der Waals surface area contributed by atoms with Crippen molar-refractivity contribution in [2.45, 2.75) is 213 Å². The predicted octanol–water partition coefficient (Wildman–Crippen LogP) is 15.8. The fourth-order valence-electron chi connectivity index (χ4n) is 6.92. The van der Waals surface area contributed by atoms with Crippen molar-refractivity contribution in [2.24, 2.45) is 0 Å². The monoisotopic (exact) mass is 970 g/mol. The normalized spacial score (nSPS) is 14.1. The Labute approximate surface area is 417 Å². The van der Waals surface area contributed by atoms with Gasteiger partial charge in [-0.2, -0.15) is 0 Å². The van der Waals surface area contributed by atoms with E-state index in [1.165, 1.54) is 57.8 Å². The second-order valence-electron chi connectivity index (χ2n) is 18.9. The first-order valence-electron chi connectivity index (χ1n) is 26.9. The van der Waals surface area contributed by atoms with E-state index in [1.54, 1.807) is 0 Å². The molecule has 9 nitrogen and oxygen atoms in total. The first-order valence-corrected chi connectivity index (χ1v) is 28.4. The van der Waals surface area contributed by atoms with E-state index in [0.29, 0.717) is 23.9 Å². The lowest BCUT2D eigenvalue weighted by Crippen LogP contribution is -2.37. The number of phosphoric ester groups is 1. The van der Waals surface area contributed by atoms with Crippen molar-refractivity contribution >= 4 is 19.8 Å². The Hall–Kier alpha value is -3.07. The van der Waals surface area contributed by atoms with E-state index < -0.39 is 32.5 Å². The van der Waals surface area contributed by atoms with E-state index in [4.69, 9.17) is 18.5 Å². The Morgan fingerprint density at radius 2 is 0.838 bits per heavy atom. The minimum atomic E-state index is -4.64. The summed E-state index contributed by atoms with van der Waals surface area (Å²) in [5, 5.41) is 0. The van der Waals surface area contributed by atoms with Gasteiger partial charge >= 0.3 is 11.9 Å². The average molecular weight is 970 g/mol. The topological polar surface area (TPSA) is 111 Å². The summed E-state index contributed by atoms with van der Waals surface area (Å²) in [4.78, 5) is 37.8. The number of hydrogen-bond donors (Lipinski definition) is 0. The lowest BCUT2D eigenvalue weighted by molar-refractivity contribution is -0.870. The molecule has 0 N–H and O–H groups in total. The summed E-state index contributed by atoms with van der Waals surface area (Å²) in [6.45, 7) is 4.06. The molecule has 0 bridgehead atoms. The van der Waals surface area contributed by atoms with Crippen LogP contribution in [0.2, 0.25) is 0 Å². The number of ether oxygens (including phenoxy) is 2. The molecular weight excluding hydrogens is 870 g/mol. The fraction of sp³-hybridized carbons (Fsp3) is 0.690. The Balaban J connectivity index is 4.28.